The van der Waals surface area contributed by atoms with Gasteiger partial charge < -0.3 is 29.5 Å². The van der Waals surface area contributed by atoms with Crippen LogP contribution in [0.25, 0.3) is 12.2 Å². The molecule has 0 aromatic heterocycles. The van der Waals surface area contributed by atoms with Crippen LogP contribution in [0, 0.1) is 5.92 Å². The van der Waals surface area contributed by atoms with E-state index in [0.717, 1.165) is 11.1 Å². The zero-order valence-electron chi connectivity index (χ0n) is 21.8. The minimum absolute atomic E-state index is 0.163. The summed E-state index contributed by atoms with van der Waals surface area (Å²) in [5, 5.41) is 14.9. The van der Waals surface area contributed by atoms with E-state index in [2.05, 4.69) is 5.32 Å². The van der Waals surface area contributed by atoms with Gasteiger partial charge in [0.25, 0.3) is 0 Å². The molecule has 8 nitrogen and oxygen atoms in total. The first-order chi connectivity index (χ1) is 16.5. The summed E-state index contributed by atoms with van der Waals surface area (Å²) in [6.45, 7) is 7.61. The maximum absolute atomic E-state index is 13.3. The molecule has 0 saturated carbocycles. The number of hydrogen-bond acceptors (Lipinski definition) is 7. The normalized spacial score (nSPS) is 18.9. The first-order valence-corrected chi connectivity index (χ1v) is 11.4. The molecule has 2 aromatic rings. The van der Waals surface area contributed by atoms with Gasteiger partial charge in [0.1, 0.15) is 5.75 Å². The van der Waals surface area contributed by atoms with Crippen molar-refractivity contribution < 1.29 is 28.9 Å². The van der Waals surface area contributed by atoms with Crippen LogP contribution >= 0.6 is 0 Å². The fraction of sp³-hybridized carbons (Fsp3) is 0.444. The van der Waals surface area contributed by atoms with Gasteiger partial charge in [-0.1, -0.05) is 18.2 Å². The molecule has 35 heavy (non-hydrogen) atoms. The van der Waals surface area contributed by atoms with Crippen LogP contribution in [0.5, 0.6) is 23.0 Å². The van der Waals surface area contributed by atoms with E-state index >= 15 is 0 Å². The number of carbonyl (C=O) groups excluding carboxylic acids is 1. The Bertz CT molecular complexity index is 1080. The summed E-state index contributed by atoms with van der Waals surface area (Å²) < 4.78 is 21.7. The van der Waals surface area contributed by atoms with Crippen LogP contribution in [0.4, 0.5) is 5.69 Å². The number of benzene rings is 2. The minimum atomic E-state index is -0.704. The van der Waals surface area contributed by atoms with E-state index < -0.39 is 17.0 Å². The summed E-state index contributed by atoms with van der Waals surface area (Å²) in [5.41, 5.74) is 1.09. The Hall–Kier alpha value is -3.23. The monoisotopic (exact) mass is 484 g/mol. The van der Waals surface area contributed by atoms with Crippen molar-refractivity contribution in [2.75, 3.05) is 33.8 Å². The van der Waals surface area contributed by atoms with Gasteiger partial charge in [0.15, 0.2) is 11.5 Å². The van der Waals surface area contributed by atoms with Crippen molar-refractivity contribution in [1.82, 2.24) is 5.06 Å². The molecule has 1 amide bonds. The topological polar surface area (TPSA) is 89.5 Å². The second-order valence-electron chi connectivity index (χ2n) is 9.78. The van der Waals surface area contributed by atoms with Crippen LogP contribution in [0.15, 0.2) is 30.3 Å². The Kier molecular flexibility index (Phi) is 7.67. The van der Waals surface area contributed by atoms with Crippen LogP contribution in [-0.4, -0.2) is 55.7 Å². The van der Waals surface area contributed by atoms with Crippen molar-refractivity contribution in [1.29, 1.82) is 0 Å². The lowest BCUT2D eigenvalue weighted by Gasteiger charge is -2.35. The van der Waals surface area contributed by atoms with Gasteiger partial charge in [-0.15, -0.1) is 0 Å². The van der Waals surface area contributed by atoms with Crippen LogP contribution < -0.4 is 24.3 Å². The fourth-order valence-electron chi connectivity index (χ4n) is 4.71. The number of hydrogen-bond donors (Lipinski definition) is 2. The molecule has 0 aliphatic carbocycles. The van der Waals surface area contributed by atoms with E-state index in [0.29, 0.717) is 35.1 Å². The lowest BCUT2D eigenvalue weighted by Crippen LogP contribution is -2.49. The van der Waals surface area contributed by atoms with Crippen molar-refractivity contribution in [2.24, 2.45) is 5.92 Å². The fourth-order valence-corrected chi connectivity index (χ4v) is 4.71. The van der Waals surface area contributed by atoms with Gasteiger partial charge in [-0.3, -0.25) is 4.79 Å². The molecule has 1 unspecified atom stereocenters. The van der Waals surface area contributed by atoms with Crippen LogP contribution in [0.3, 0.4) is 0 Å². The van der Waals surface area contributed by atoms with Crippen LogP contribution in [-0.2, 0) is 4.79 Å². The number of hydroxylamine groups is 2. The van der Waals surface area contributed by atoms with Crippen molar-refractivity contribution in [3.8, 4) is 23.0 Å². The third-order valence-corrected chi connectivity index (χ3v) is 6.63. The minimum Gasteiger partial charge on any atom is -0.495 e. The summed E-state index contributed by atoms with van der Waals surface area (Å²) in [7, 11) is 6.28. The molecule has 190 valence electrons. The highest BCUT2D eigenvalue weighted by atomic mass is 16.5. The van der Waals surface area contributed by atoms with Gasteiger partial charge in [-0.25, -0.2) is 0 Å². The Labute approximate surface area is 207 Å². The first-order valence-electron chi connectivity index (χ1n) is 11.4. The molecule has 1 aliphatic rings. The summed E-state index contributed by atoms with van der Waals surface area (Å²) in [6.07, 6.45) is 4.38. The Balaban J connectivity index is 1.87. The van der Waals surface area contributed by atoms with Gasteiger partial charge in [0.2, 0.25) is 11.7 Å². The molecule has 1 aliphatic heterocycles. The largest absolute Gasteiger partial charge is 0.495 e. The lowest BCUT2D eigenvalue weighted by molar-refractivity contribution is -0.196. The third-order valence-electron chi connectivity index (χ3n) is 6.63. The van der Waals surface area contributed by atoms with E-state index in [-0.39, 0.29) is 5.91 Å². The van der Waals surface area contributed by atoms with Crippen molar-refractivity contribution >= 4 is 23.7 Å². The SMILES string of the molecule is COc1ccc(/C=C\c2cc(OC)c(OC)c(OC)c2)cc1NC(=O)C1CC(C)(C)N(O)C1(C)C. The van der Waals surface area contributed by atoms with Crippen LogP contribution in [0.2, 0.25) is 0 Å². The maximum atomic E-state index is 13.3. The van der Waals surface area contributed by atoms with Gasteiger partial charge in [0.05, 0.1) is 45.6 Å². The van der Waals surface area contributed by atoms with Crippen molar-refractivity contribution in [2.45, 2.75) is 45.2 Å². The summed E-state index contributed by atoms with van der Waals surface area (Å²) in [6, 6.07) is 9.28. The summed E-state index contributed by atoms with van der Waals surface area (Å²) in [5.74, 6) is 1.65. The molecule has 3 rings (SSSR count). The molecular weight excluding hydrogens is 448 g/mol. The summed E-state index contributed by atoms with van der Waals surface area (Å²) in [4.78, 5) is 13.3. The molecular formula is C27H36N2O6. The molecule has 1 fully saturated rings. The Morgan fingerprint density at radius 3 is 1.97 bits per heavy atom. The maximum Gasteiger partial charge on any atom is 0.229 e. The predicted octanol–water partition coefficient (Wildman–Crippen LogP) is 5.10. The smallest absolute Gasteiger partial charge is 0.229 e. The molecule has 1 heterocycles. The number of amides is 1. The quantitative estimate of drug-likeness (QED) is 0.504. The number of nitrogens with zero attached hydrogens (tertiary/aromatic N) is 1. The second-order valence-corrected chi connectivity index (χ2v) is 9.78. The zero-order chi connectivity index (χ0) is 26.0. The number of carbonyl (C=O) groups is 1. The first kappa shape index (κ1) is 26.4. The number of anilines is 1. The van der Waals surface area contributed by atoms with Gasteiger partial charge in [-0.2, -0.15) is 5.06 Å². The molecule has 8 heteroatoms. The van der Waals surface area contributed by atoms with Crippen molar-refractivity contribution in [3.05, 3.63) is 41.5 Å². The molecule has 0 bridgehead atoms. The number of methoxy groups -OCH3 is 4. The molecule has 2 N–H and O–H groups in total. The molecule has 0 radical (unpaired) electrons. The highest BCUT2D eigenvalue weighted by Crippen LogP contribution is 2.44. The van der Waals surface area contributed by atoms with E-state index in [1.54, 1.807) is 28.4 Å². The molecule has 1 atom stereocenters. The lowest BCUT2D eigenvalue weighted by atomic mass is 9.86. The number of ether oxygens (including phenoxy) is 4. The number of nitrogens with one attached hydrogen (secondary N) is 1. The summed E-state index contributed by atoms with van der Waals surface area (Å²) >= 11 is 0. The van der Waals surface area contributed by atoms with Gasteiger partial charge >= 0.3 is 0 Å². The average molecular weight is 485 g/mol. The van der Waals surface area contributed by atoms with Crippen LogP contribution in [0.1, 0.15) is 45.2 Å². The number of rotatable bonds is 8. The molecule has 0 spiro atoms. The standard InChI is InChI=1S/C27H36N2O6/c1-26(2)16-19(27(3,4)29(26)31)25(30)28-20-13-17(11-12-21(20)32-5)9-10-18-14-22(33-6)24(35-8)23(15-18)34-7/h9-15,19,31H,16H2,1-8H3,(H,28,30)/b10-9-. The second kappa shape index (κ2) is 10.2. The van der Waals surface area contributed by atoms with Gasteiger partial charge in [-0.05, 0) is 69.5 Å². The van der Waals surface area contributed by atoms with E-state index in [1.807, 2.05) is 70.2 Å². The van der Waals surface area contributed by atoms with Gasteiger partial charge in [0, 0.05) is 5.54 Å². The highest BCUT2D eigenvalue weighted by Gasteiger charge is 2.54. The van der Waals surface area contributed by atoms with E-state index in [9.17, 15) is 10.0 Å². The molecule has 2 aromatic carbocycles. The van der Waals surface area contributed by atoms with Crippen molar-refractivity contribution in [3.63, 3.8) is 0 Å². The van der Waals surface area contributed by atoms with E-state index in [1.165, 1.54) is 5.06 Å². The Morgan fingerprint density at radius 1 is 0.914 bits per heavy atom. The van der Waals surface area contributed by atoms with E-state index in [4.69, 9.17) is 18.9 Å². The third kappa shape index (κ3) is 5.23. The zero-order valence-corrected chi connectivity index (χ0v) is 21.8. The molecule has 1 saturated heterocycles. The Morgan fingerprint density at radius 2 is 1.49 bits per heavy atom. The predicted molar refractivity (Wildman–Crippen MR) is 137 cm³/mol. The average Bonchev–Trinajstić information content (AvgIpc) is 3.00. The highest BCUT2D eigenvalue weighted by molar-refractivity contribution is 5.95.